The zero-order valence-corrected chi connectivity index (χ0v) is 26.3. The minimum absolute atomic E-state index is 0.00514. The van der Waals surface area contributed by atoms with Crippen molar-refractivity contribution >= 4 is 46.8 Å². The summed E-state index contributed by atoms with van der Waals surface area (Å²) in [5.74, 6) is -1.86. The number of thioether (sulfide) groups is 1. The molecular formula is C34H40ClN3O4S. The highest BCUT2D eigenvalue weighted by Crippen LogP contribution is 2.69. The van der Waals surface area contributed by atoms with Gasteiger partial charge in [0.15, 0.2) is 0 Å². The van der Waals surface area contributed by atoms with Crippen LogP contribution >= 0.6 is 23.4 Å². The van der Waals surface area contributed by atoms with Crippen molar-refractivity contribution < 1.29 is 19.5 Å². The zero-order valence-electron chi connectivity index (χ0n) is 24.8. The van der Waals surface area contributed by atoms with E-state index in [-0.39, 0.29) is 42.0 Å². The predicted molar refractivity (Wildman–Crippen MR) is 173 cm³/mol. The Hall–Kier alpha value is -3.07. The first kappa shape index (κ1) is 31.4. The van der Waals surface area contributed by atoms with E-state index in [9.17, 15) is 19.5 Å². The fourth-order valence-corrected chi connectivity index (χ4v) is 10.1. The fraction of sp³-hybridized carbons (Fsp3) is 0.441. The van der Waals surface area contributed by atoms with Gasteiger partial charge in [-0.05, 0) is 36.5 Å². The van der Waals surface area contributed by atoms with Crippen molar-refractivity contribution in [3.63, 3.8) is 0 Å². The average molecular weight is 622 g/mol. The van der Waals surface area contributed by atoms with Gasteiger partial charge in [-0.25, -0.2) is 0 Å². The SMILES string of the molecule is C=CCN(Cc1ccccc1)C(=O)[C@@H]1[C@H]2C(=O)N([C@@H](CC)CO)C(C(=O)N(CC=C)c3ccccc3Cl)C23S[C@@H]1CC3C. The van der Waals surface area contributed by atoms with Crippen LogP contribution in [-0.2, 0) is 20.9 Å². The first-order chi connectivity index (χ1) is 20.7. The maximum absolute atomic E-state index is 14.8. The van der Waals surface area contributed by atoms with Crippen LogP contribution in [0.2, 0.25) is 5.02 Å². The number of para-hydroxylation sites is 1. The van der Waals surface area contributed by atoms with E-state index in [1.165, 1.54) is 0 Å². The molecule has 7 nitrogen and oxygen atoms in total. The third-order valence-electron chi connectivity index (χ3n) is 9.38. The first-order valence-electron chi connectivity index (χ1n) is 15.0. The topological polar surface area (TPSA) is 81.2 Å². The number of carbonyl (C=O) groups is 3. The summed E-state index contributed by atoms with van der Waals surface area (Å²) in [5, 5.41) is 10.8. The lowest BCUT2D eigenvalue weighted by atomic mass is 9.65. The maximum Gasteiger partial charge on any atom is 0.251 e. The smallest absolute Gasteiger partial charge is 0.251 e. The van der Waals surface area contributed by atoms with Gasteiger partial charge in [-0.3, -0.25) is 14.4 Å². The van der Waals surface area contributed by atoms with E-state index in [0.29, 0.717) is 30.2 Å². The largest absolute Gasteiger partial charge is 0.394 e. The van der Waals surface area contributed by atoms with E-state index >= 15 is 0 Å². The van der Waals surface area contributed by atoms with E-state index in [0.717, 1.165) is 12.0 Å². The van der Waals surface area contributed by atoms with Crippen molar-refractivity contribution in [3.8, 4) is 0 Å². The number of likely N-dealkylation sites (tertiary alicyclic amines) is 1. The molecule has 0 aromatic heterocycles. The highest BCUT2D eigenvalue weighted by molar-refractivity contribution is 8.02. The van der Waals surface area contributed by atoms with Gasteiger partial charge in [0.2, 0.25) is 11.8 Å². The number of hydrogen-bond acceptors (Lipinski definition) is 5. The van der Waals surface area contributed by atoms with Gasteiger partial charge >= 0.3 is 0 Å². The monoisotopic (exact) mass is 621 g/mol. The zero-order chi connectivity index (χ0) is 30.9. The minimum atomic E-state index is -0.872. The van der Waals surface area contributed by atoms with E-state index in [1.807, 2.05) is 43.3 Å². The van der Waals surface area contributed by atoms with Crippen LogP contribution in [0.4, 0.5) is 5.69 Å². The van der Waals surface area contributed by atoms with Gasteiger partial charge < -0.3 is 19.8 Å². The van der Waals surface area contributed by atoms with Crippen molar-refractivity contribution in [3.05, 3.63) is 90.5 Å². The third-order valence-corrected chi connectivity index (χ3v) is 11.8. The molecule has 1 N–H and O–H groups in total. The number of aliphatic hydroxyl groups is 1. The Morgan fingerprint density at radius 1 is 1.12 bits per heavy atom. The molecule has 2 aromatic carbocycles. The molecule has 5 rings (SSSR count). The molecule has 7 atom stereocenters. The van der Waals surface area contributed by atoms with Crippen LogP contribution in [0.5, 0.6) is 0 Å². The van der Waals surface area contributed by atoms with E-state index in [4.69, 9.17) is 11.6 Å². The number of anilines is 1. The fourth-order valence-electron chi connectivity index (χ4n) is 7.49. The standard InChI is InChI=1S/C34H40ClN3O4S/c1-5-17-36(20-23-13-9-8-10-14-23)31(40)28-27-19-22(4)34(43-27)29(28)32(41)38(24(7-3)21-39)30(34)33(42)37(18-6-2)26-16-12-11-15-25(26)35/h5-6,8-16,22,24,27-30,39H,1-2,7,17-21H2,3-4H3/t22?,24-,27+,28-,29-,30?,34?/m0/s1. The second-order valence-corrected chi connectivity index (χ2v) is 13.7. The maximum atomic E-state index is 14.8. The van der Waals surface area contributed by atoms with Crippen LogP contribution in [-0.4, -0.2) is 74.4 Å². The summed E-state index contributed by atoms with van der Waals surface area (Å²) in [6, 6.07) is 15.5. The summed E-state index contributed by atoms with van der Waals surface area (Å²) < 4.78 is -0.824. The quantitative estimate of drug-likeness (QED) is 0.330. The predicted octanol–water partition coefficient (Wildman–Crippen LogP) is 5.18. The van der Waals surface area contributed by atoms with E-state index in [1.54, 1.807) is 56.8 Å². The van der Waals surface area contributed by atoms with Crippen molar-refractivity contribution in [2.75, 3.05) is 24.6 Å². The molecule has 0 aliphatic carbocycles. The number of aliphatic hydroxyl groups excluding tert-OH is 1. The van der Waals surface area contributed by atoms with E-state index in [2.05, 4.69) is 20.1 Å². The lowest BCUT2D eigenvalue weighted by Crippen LogP contribution is -2.59. The summed E-state index contributed by atoms with van der Waals surface area (Å²) in [6.07, 6.45) is 4.55. The summed E-state index contributed by atoms with van der Waals surface area (Å²) >= 11 is 8.22. The number of nitrogens with zero attached hydrogens (tertiary/aromatic N) is 3. The molecule has 1 spiro atoms. The number of benzene rings is 2. The lowest BCUT2D eigenvalue weighted by Gasteiger charge is -2.42. The molecule has 228 valence electrons. The van der Waals surface area contributed by atoms with Gasteiger partial charge in [0.25, 0.3) is 5.91 Å². The van der Waals surface area contributed by atoms with Crippen molar-refractivity contribution in [1.82, 2.24) is 9.80 Å². The number of carbonyl (C=O) groups excluding carboxylic acids is 3. The molecule has 3 heterocycles. The normalized spacial score (nSPS) is 28.0. The molecule has 0 radical (unpaired) electrons. The van der Waals surface area contributed by atoms with Crippen molar-refractivity contribution in [2.45, 2.75) is 55.3 Å². The van der Waals surface area contributed by atoms with Crippen LogP contribution in [0, 0.1) is 17.8 Å². The van der Waals surface area contributed by atoms with Crippen molar-refractivity contribution in [1.29, 1.82) is 0 Å². The second-order valence-electron chi connectivity index (χ2n) is 11.7. The number of rotatable bonds is 12. The Morgan fingerprint density at radius 2 is 1.79 bits per heavy atom. The lowest BCUT2D eigenvalue weighted by molar-refractivity contribution is -0.146. The number of hydrogen-bond donors (Lipinski definition) is 1. The number of amides is 3. The first-order valence-corrected chi connectivity index (χ1v) is 16.2. The van der Waals surface area contributed by atoms with Gasteiger partial charge in [0.1, 0.15) is 6.04 Å². The van der Waals surface area contributed by atoms with Gasteiger partial charge in [-0.2, -0.15) is 0 Å². The van der Waals surface area contributed by atoms with Gasteiger partial charge in [-0.15, -0.1) is 24.9 Å². The molecule has 0 saturated carbocycles. The highest BCUT2D eigenvalue weighted by Gasteiger charge is 2.77. The van der Waals surface area contributed by atoms with Crippen LogP contribution in [0.25, 0.3) is 0 Å². The Bertz CT molecular complexity index is 1380. The van der Waals surface area contributed by atoms with Crippen LogP contribution in [0.1, 0.15) is 32.3 Å². The minimum Gasteiger partial charge on any atom is -0.394 e. The summed E-state index contributed by atoms with van der Waals surface area (Å²) in [5.41, 5.74) is 1.53. The van der Waals surface area contributed by atoms with Crippen LogP contribution in [0.3, 0.4) is 0 Å². The molecular weight excluding hydrogens is 582 g/mol. The molecule has 3 saturated heterocycles. The van der Waals surface area contributed by atoms with Crippen LogP contribution < -0.4 is 4.90 Å². The van der Waals surface area contributed by atoms with E-state index < -0.39 is 28.7 Å². The molecule has 43 heavy (non-hydrogen) atoms. The average Bonchev–Trinajstić information content (AvgIpc) is 3.60. The Kier molecular flexibility index (Phi) is 9.40. The van der Waals surface area contributed by atoms with Crippen LogP contribution in [0.15, 0.2) is 79.9 Å². The summed E-state index contributed by atoms with van der Waals surface area (Å²) in [6.45, 7) is 12.4. The molecule has 3 aliphatic rings. The Morgan fingerprint density at radius 3 is 2.42 bits per heavy atom. The molecule has 3 unspecified atom stereocenters. The Balaban J connectivity index is 1.59. The number of fused-ring (bicyclic) bond motifs is 1. The molecule has 3 fully saturated rings. The van der Waals surface area contributed by atoms with Crippen molar-refractivity contribution in [2.24, 2.45) is 17.8 Å². The molecule has 3 amide bonds. The second kappa shape index (κ2) is 12.9. The summed E-state index contributed by atoms with van der Waals surface area (Å²) in [4.78, 5) is 48.9. The summed E-state index contributed by atoms with van der Waals surface area (Å²) in [7, 11) is 0. The van der Waals surface area contributed by atoms with Gasteiger partial charge in [-0.1, -0.05) is 80.1 Å². The molecule has 2 aromatic rings. The molecule has 2 bridgehead atoms. The Labute approximate surface area is 263 Å². The third kappa shape index (κ3) is 5.21. The number of halogens is 1. The van der Waals surface area contributed by atoms with Gasteiger partial charge in [0, 0.05) is 24.9 Å². The van der Waals surface area contributed by atoms with Gasteiger partial charge in [0.05, 0.1) is 39.9 Å². The molecule has 3 aliphatic heterocycles. The highest BCUT2D eigenvalue weighted by atomic mass is 35.5. The molecule has 9 heteroatoms.